The summed E-state index contributed by atoms with van der Waals surface area (Å²) in [5, 5.41) is 2.90. The molecule has 0 aromatic heterocycles. The standard InChI is InChI=1S/C18H20N2O3/c1-12-17(23-16-5-3-2-4-15(16)22-12)18(21)20-11-10-13-6-8-14(19)9-7-13/h2-9,12,17H,10-11,19H2,1H3,(H,20,21). The minimum Gasteiger partial charge on any atom is -0.482 e. The first-order chi connectivity index (χ1) is 11.1. The van der Waals surface area contributed by atoms with Crippen LogP contribution in [0.5, 0.6) is 11.5 Å². The lowest BCUT2D eigenvalue weighted by Gasteiger charge is -2.31. The molecule has 3 rings (SSSR count). The number of fused-ring (bicyclic) bond motifs is 1. The molecule has 0 bridgehead atoms. The fraction of sp³-hybridized carbons (Fsp3) is 0.278. The SMILES string of the molecule is CC1Oc2ccccc2OC1C(=O)NCCc1ccc(N)cc1. The molecule has 3 N–H and O–H groups in total. The fourth-order valence-corrected chi connectivity index (χ4v) is 2.52. The highest BCUT2D eigenvalue weighted by atomic mass is 16.6. The van der Waals surface area contributed by atoms with Crippen molar-refractivity contribution in [2.24, 2.45) is 0 Å². The van der Waals surface area contributed by atoms with E-state index in [9.17, 15) is 4.79 Å². The van der Waals surface area contributed by atoms with Gasteiger partial charge in [0.2, 0.25) is 6.10 Å². The molecule has 120 valence electrons. The number of carbonyl (C=O) groups is 1. The Bertz CT molecular complexity index is 685. The van der Waals surface area contributed by atoms with Crippen LogP contribution < -0.4 is 20.5 Å². The molecule has 2 aromatic carbocycles. The number of nitrogens with one attached hydrogen (secondary N) is 1. The van der Waals surface area contributed by atoms with E-state index in [0.29, 0.717) is 18.0 Å². The molecule has 0 fully saturated rings. The summed E-state index contributed by atoms with van der Waals surface area (Å²) in [5.74, 6) is 1.11. The van der Waals surface area contributed by atoms with Gasteiger partial charge in [0, 0.05) is 12.2 Å². The third kappa shape index (κ3) is 3.56. The number of nitrogens with two attached hydrogens (primary N) is 1. The molecule has 1 aliphatic heterocycles. The number of rotatable bonds is 4. The Morgan fingerprint density at radius 2 is 1.74 bits per heavy atom. The zero-order valence-corrected chi connectivity index (χ0v) is 13.0. The van der Waals surface area contributed by atoms with Gasteiger partial charge in [-0.15, -0.1) is 0 Å². The summed E-state index contributed by atoms with van der Waals surface area (Å²) in [5.41, 5.74) is 7.51. The van der Waals surface area contributed by atoms with Gasteiger partial charge in [-0.3, -0.25) is 4.79 Å². The molecule has 2 aromatic rings. The van der Waals surface area contributed by atoms with Crippen molar-refractivity contribution >= 4 is 11.6 Å². The van der Waals surface area contributed by atoms with Crippen LogP contribution in [0.25, 0.3) is 0 Å². The first-order valence-corrected chi connectivity index (χ1v) is 7.68. The van der Waals surface area contributed by atoms with Gasteiger partial charge in [-0.05, 0) is 43.2 Å². The Morgan fingerprint density at radius 1 is 1.09 bits per heavy atom. The zero-order chi connectivity index (χ0) is 16.2. The Balaban J connectivity index is 1.55. The van der Waals surface area contributed by atoms with E-state index in [-0.39, 0.29) is 12.0 Å². The second-order valence-corrected chi connectivity index (χ2v) is 5.59. The van der Waals surface area contributed by atoms with Crippen LogP contribution in [0.4, 0.5) is 5.69 Å². The summed E-state index contributed by atoms with van der Waals surface area (Å²) in [7, 11) is 0. The molecule has 1 aliphatic rings. The van der Waals surface area contributed by atoms with Crippen LogP contribution >= 0.6 is 0 Å². The molecule has 0 spiro atoms. The number of carbonyl (C=O) groups excluding carboxylic acids is 1. The minimum atomic E-state index is -0.642. The second kappa shape index (κ2) is 6.60. The van der Waals surface area contributed by atoms with Crippen LogP contribution in [0.3, 0.4) is 0 Å². The maximum atomic E-state index is 12.3. The van der Waals surface area contributed by atoms with Gasteiger partial charge in [0.15, 0.2) is 11.5 Å². The zero-order valence-electron chi connectivity index (χ0n) is 13.0. The lowest BCUT2D eigenvalue weighted by atomic mass is 10.1. The highest BCUT2D eigenvalue weighted by Crippen LogP contribution is 2.33. The molecular weight excluding hydrogens is 292 g/mol. The number of hydrogen-bond donors (Lipinski definition) is 2. The topological polar surface area (TPSA) is 73.6 Å². The summed E-state index contributed by atoms with van der Waals surface area (Å²) in [6.07, 6.45) is -0.234. The van der Waals surface area contributed by atoms with Gasteiger partial charge in [-0.2, -0.15) is 0 Å². The summed E-state index contributed by atoms with van der Waals surface area (Å²) in [6, 6.07) is 15.0. The maximum Gasteiger partial charge on any atom is 0.265 e. The van der Waals surface area contributed by atoms with Gasteiger partial charge in [0.05, 0.1) is 0 Å². The molecule has 1 heterocycles. The van der Waals surface area contributed by atoms with E-state index in [1.54, 1.807) is 6.07 Å². The summed E-state index contributed by atoms with van der Waals surface area (Å²) < 4.78 is 11.5. The number of amides is 1. The van der Waals surface area contributed by atoms with Gasteiger partial charge in [-0.1, -0.05) is 24.3 Å². The molecule has 0 saturated carbocycles. The molecule has 2 unspecified atom stereocenters. The van der Waals surface area contributed by atoms with E-state index in [1.165, 1.54) is 0 Å². The molecule has 0 saturated heterocycles. The van der Waals surface area contributed by atoms with E-state index in [1.807, 2.05) is 49.4 Å². The number of anilines is 1. The van der Waals surface area contributed by atoms with Gasteiger partial charge in [-0.25, -0.2) is 0 Å². The Morgan fingerprint density at radius 3 is 2.43 bits per heavy atom. The van der Waals surface area contributed by atoms with Crippen LogP contribution in [-0.4, -0.2) is 24.7 Å². The predicted molar refractivity (Wildman–Crippen MR) is 88.5 cm³/mol. The van der Waals surface area contributed by atoms with Gasteiger partial charge in [0.25, 0.3) is 5.91 Å². The molecule has 5 heteroatoms. The lowest BCUT2D eigenvalue weighted by Crippen LogP contribution is -2.49. The average Bonchev–Trinajstić information content (AvgIpc) is 2.56. The number of para-hydroxylation sites is 2. The number of ether oxygens (including phenoxy) is 2. The van der Waals surface area contributed by atoms with Crippen molar-refractivity contribution in [1.29, 1.82) is 0 Å². The number of nitrogen functional groups attached to an aromatic ring is 1. The van der Waals surface area contributed by atoms with Crippen LogP contribution in [-0.2, 0) is 11.2 Å². The first kappa shape index (κ1) is 15.2. The van der Waals surface area contributed by atoms with Crippen LogP contribution in [0.2, 0.25) is 0 Å². The summed E-state index contributed by atoms with van der Waals surface area (Å²) in [4.78, 5) is 12.3. The van der Waals surface area contributed by atoms with Gasteiger partial charge >= 0.3 is 0 Å². The highest BCUT2D eigenvalue weighted by Gasteiger charge is 2.33. The molecule has 1 amide bonds. The van der Waals surface area contributed by atoms with E-state index in [0.717, 1.165) is 17.7 Å². The summed E-state index contributed by atoms with van der Waals surface area (Å²) >= 11 is 0. The normalized spacial score (nSPS) is 19.2. The van der Waals surface area contributed by atoms with Crippen molar-refractivity contribution in [3.8, 4) is 11.5 Å². The predicted octanol–water partition coefficient (Wildman–Crippen LogP) is 2.16. The van der Waals surface area contributed by atoms with Crippen molar-refractivity contribution in [2.75, 3.05) is 12.3 Å². The average molecular weight is 312 g/mol. The fourth-order valence-electron chi connectivity index (χ4n) is 2.52. The first-order valence-electron chi connectivity index (χ1n) is 7.68. The molecule has 0 radical (unpaired) electrons. The number of hydrogen-bond acceptors (Lipinski definition) is 4. The van der Waals surface area contributed by atoms with E-state index in [2.05, 4.69) is 5.32 Å². The minimum absolute atomic E-state index is 0.164. The maximum absolute atomic E-state index is 12.3. The van der Waals surface area contributed by atoms with E-state index in [4.69, 9.17) is 15.2 Å². The Labute approximate surface area is 135 Å². The Hall–Kier alpha value is -2.69. The van der Waals surface area contributed by atoms with Gasteiger partial charge < -0.3 is 20.5 Å². The molecule has 23 heavy (non-hydrogen) atoms. The number of benzene rings is 2. The third-order valence-electron chi connectivity index (χ3n) is 3.79. The highest BCUT2D eigenvalue weighted by molar-refractivity contribution is 5.82. The van der Waals surface area contributed by atoms with Crippen molar-refractivity contribution in [1.82, 2.24) is 5.32 Å². The molecule has 5 nitrogen and oxygen atoms in total. The van der Waals surface area contributed by atoms with E-state index >= 15 is 0 Å². The Kier molecular flexibility index (Phi) is 4.37. The van der Waals surface area contributed by atoms with Crippen molar-refractivity contribution < 1.29 is 14.3 Å². The van der Waals surface area contributed by atoms with Crippen LogP contribution in [0, 0.1) is 0 Å². The van der Waals surface area contributed by atoms with Gasteiger partial charge in [0.1, 0.15) is 6.10 Å². The van der Waals surface area contributed by atoms with Crippen LogP contribution in [0.15, 0.2) is 48.5 Å². The molecule has 2 atom stereocenters. The molecule has 0 aliphatic carbocycles. The summed E-state index contributed by atoms with van der Waals surface area (Å²) in [6.45, 7) is 2.37. The van der Waals surface area contributed by atoms with Crippen LogP contribution in [0.1, 0.15) is 12.5 Å². The van der Waals surface area contributed by atoms with E-state index < -0.39 is 6.10 Å². The largest absolute Gasteiger partial charge is 0.482 e. The third-order valence-corrected chi connectivity index (χ3v) is 3.79. The van der Waals surface area contributed by atoms with Crippen molar-refractivity contribution in [2.45, 2.75) is 25.6 Å². The monoisotopic (exact) mass is 312 g/mol. The smallest absolute Gasteiger partial charge is 0.265 e. The van der Waals surface area contributed by atoms with Crippen molar-refractivity contribution in [3.63, 3.8) is 0 Å². The van der Waals surface area contributed by atoms with Crippen molar-refractivity contribution in [3.05, 3.63) is 54.1 Å². The molecular formula is C18H20N2O3. The quantitative estimate of drug-likeness (QED) is 0.849. The second-order valence-electron chi connectivity index (χ2n) is 5.59. The lowest BCUT2D eigenvalue weighted by molar-refractivity contribution is -0.133.